The van der Waals surface area contributed by atoms with Crippen LogP contribution in [0.3, 0.4) is 0 Å². The monoisotopic (exact) mass is 240 g/mol. The number of hydrogen-bond donors (Lipinski definition) is 0. The molecule has 0 saturated carbocycles. The van der Waals surface area contributed by atoms with E-state index in [1.807, 2.05) is 0 Å². The van der Waals surface area contributed by atoms with Crippen LogP contribution in [0.4, 0.5) is 4.39 Å². The molecule has 17 heavy (non-hydrogen) atoms. The average Bonchev–Trinajstić information content (AvgIpc) is 2.19. The summed E-state index contributed by atoms with van der Waals surface area (Å²) in [7, 11) is 0. The Kier molecular flexibility index (Phi) is 4.10. The molecule has 1 rings (SSSR count). The molecule has 94 valence electrons. The molecule has 0 fully saturated rings. The zero-order chi connectivity index (χ0) is 13.1. The van der Waals surface area contributed by atoms with Crippen LogP contribution < -0.4 is 4.74 Å². The molecule has 1 aromatic carbocycles. The molecule has 3 nitrogen and oxygen atoms in total. The molecule has 0 aliphatic heterocycles. The van der Waals surface area contributed by atoms with Crippen molar-refractivity contribution in [2.75, 3.05) is 0 Å². The lowest BCUT2D eigenvalue weighted by atomic mass is 10.2. The van der Waals surface area contributed by atoms with Gasteiger partial charge >= 0.3 is 5.97 Å². The Hall–Kier alpha value is -1.58. The summed E-state index contributed by atoms with van der Waals surface area (Å²) < 4.78 is 23.2. The minimum absolute atomic E-state index is 0.345. The Morgan fingerprint density at radius 3 is 2.24 bits per heavy atom. The van der Waals surface area contributed by atoms with Gasteiger partial charge in [0.25, 0.3) is 0 Å². The van der Waals surface area contributed by atoms with Crippen molar-refractivity contribution in [2.45, 2.75) is 39.4 Å². The van der Waals surface area contributed by atoms with Gasteiger partial charge in [0, 0.05) is 0 Å². The fourth-order valence-electron chi connectivity index (χ4n) is 1.15. The Bertz CT molecular complexity index is 379. The van der Waals surface area contributed by atoms with Gasteiger partial charge in [-0.2, -0.15) is 0 Å². The molecule has 0 aliphatic rings. The van der Waals surface area contributed by atoms with Crippen LogP contribution in [0.5, 0.6) is 5.75 Å². The van der Waals surface area contributed by atoms with E-state index in [0.717, 1.165) is 0 Å². The lowest BCUT2D eigenvalue weighted by Crippen LogP contribution is -2.33. The minimum atomic E-state index is -0.723. The Morgan fingerprint density at radius 2 is 1.76 bits per heavy atom. The fraction of sp³-hybridized carbons (Fsp3) is 0.462. The molecule has 0 amide bonds. The van der Waals surface area contributed by atoms with Gasteiger partial charge < -0.3 is 9.47 Å². The van der Waals surface area contributed by atoms with Gasteiger partial charge in [-0.25, -0.2) is 9.18 Å². The summed E-state index contributed by atoms with van der Waals surface area (Å²) in [5.74, 6) is -0.353. The third-order valence-corrected chi connectivity index (χ3v) is 1.87. The molecule has 1 atom stereocenters. The van der Waals surface area contributed by atoms with Gasteiger partial charge in [-0.15, -0.1) is 0 Å². The van der Waals surface area contributed by atoms with E-state index in [0.29, 0.717) is 5.75 Å². The molecule has 4 heteroatoms. The summed E-state index contributed by atoms with van der Waals surface area (Å²) in [5, 5.41) is 0. The van der Waals surface area contributed by atoms with Crippen LogP contribution in [0.1, 0.15) is 27.7 Å². The molecule has 0 saturated heterocycles. The first kappa shape index (κ1) is 13.5. The zero-order valence-corrected chi connectivity index (χ0v) is 10.5. The third-order valence-electron chi connectivity index (χ3n) is 1.87. The van der Waals surface area contributed by atoms with Gasteiger partial charge in [-0.05, 0) is 52.0 Å². The number of ether oxygens (including phenoxy) is 2. The maximum atomic E-state index is 12.7. The van der Waals surface area contributed by atoms with E-state index in [-0.39, 0.29) is 5.82 Å². The molecular weight excluding hydrogens is 223 g/mol. The van der Waals surface area contributed by atoms with Crippen LogP contribution in [0.15, 0.2) is 24.3 Å². The van der Waals surface area contributed by atoms with E-state index >= 15 is 0 Å². The van der Waals surface area contributed by atoms with Crippen molar-refractivity contribution < 1.29 is 18.7 Å². The molecule has 0 aromatic heterocycles. The van der Waals surface area contributed by atoms with Gasteiger partial charge in [0.15, 0.2) is 6.10 Å². The maximum Gasteiger partial charge on any atom is 0.347 e. The van der Waals surface area contributed by atoms with Gasteiger partial charge in [0.2, 0.25) is 0 Å². The van der Waals surface area contributed by atoms with Crippen molar-refractivity contribution in [3.63, 3.8) is 0 Å². The van der Waals surface area contributed by atoms with E-state index in [4.69, 9.17) is 9.47 Å². The average molecular weight is 240 g/mol. The van der Waals surface area contributed by atoms with Crippen molar-refractivity contribution in [3.8, 4) is 5.75 Å². The largest absolute Gasteiger partial charge is 0.479 e. The molecule has 0 radical (unpaired) electrons. The van der Waals surface area contributed by atoms with Crippen molar-refractivity contribution in [1.29, 1.82) is 0 Å². The molecular formula is C13H17FO3. The molecule has 0 aliphatic carbocycles. The Balaban J connectivity index is 2.57. The van der Waals surface area contributed by atoms with Crippen molar-refractivity contribution in [2.24, 2.45) is 0 Å². The Labute approximate surface area is 101 Å². The van der Waals surface area contributed by atoms with Crippen molar-refractivity contribution >= 4 is 5.97 Å². The molecule has 0 spiro atoms. The summed E-state index contributed by atoms with van der Waals surface area (Å²) in [6, 6.07) is 5.49. The lowest BCUT2D eigenvalue weighted by molar-refractivity contribution is -0.162. The molecule has 1 unspecified atom stereocenters. The van der Waals surface area contributed by atoms with Gasteiger partial charge in [0.1, 0.15) is 17.2 Å². The minimum Gasteiger partial charge on any atom is -0.479 e. The summed E-state index contributed by atoms with van der Waals surface area (Å²) in [6.45, 7) is 6.96. The van der Waals surface area contributed by atoms with Gasteiger partial charge in [-0.1, -0.05) is 0 Å². The number of carbonyl (C=O) groups is 1. The van der Waals surface area contributed by atoms with Crippen LogP contribution in [0.2, 0.25) is 0 Å². The lowest BCUT2D eigenvalue weighted by Gasteiger charge is -2.22. The first-order valence-electron chi connectivity index (χ1n) is 5.43. The fourth-order valence-corrected chi connectivity index (χ4v) is 1.15. The third kappa shape index (κ3) is 4.85. The number of esters is 1. The first-order valence-corrected chi connectivity index (χ1v) is 5.43. The highest BCUT2D eigenvalue weighted by Gasteiger charge is 2.22. The number of halogens is 1. The maximum absolute atomic E-state index is 12.7. The van der Waals surface area contributed by atoms with Gasteiger partial charge in [-0.3, -0.25) is 0 Å². The highest BCUT2D eigenvalue weighted by atomic mass is 19.1. The highest BCUT2D eigenvalue weighted by molar-refractivity contribution is 5.75. The highest BCUT2D eigenvalue weighted by Crippen LogP contribution is 2.15. The quantitative estimate of drug-likeness (QED) is 0.762. The number of benzene rings is 1. The number of rotatable bonds is 3. The molecule has 0 bridgehead atoms. The second-order valence-electron chi connectivity index (χ2n) is 4.75. The van der Waals surface area contributed by atoms with E-state index in [1.54, 1.807) is 27.7 Å². The van der Waals surface area contributed by atoms with E-state index in [2.05, 4.69) is 0 Å². The SMILES string of the molecule is CC(Oc1ccc(F)cc1)C(=O)OC(C)(C)C. The standard InChI is InChI=1S/C13H17FO3/c1-9(12(15)17-13(2,3)4)16-11-7-5-10(14)6-8-11/h5-9H,1-4H3. The van der Waals surface area contributed by atoms with Crippen LogP contribution >= 0.6 is 0 Å². The smallest absolute Gasteiger partial charge is 0.347 e. The molecule has 0 N–H and O–H groups in total. The van der Waals surface area contributed by atoms with Crippen molar-refractivity contribution in [1.82, 2.24) is 0 Å². The van der Waals surface area contributed by atoms with E-state index < -0.39 is 17.7 Å². The first-order chi connectivity index (χ1) is 7.78. The second kappa shape index (κ2) is 5.17. The topological polar surface area (TPSA) is 35.5 Å². The summed E-state index contributed by atoms with van der Waals surface area (Å²) in [6.07, 6.45) is -0.723. The Morgan fingerprint density at radius 1 is 1.24 bits per heavy atom. The predicted octanol–water partition coefficient (Wildman–Crippen LogP) is 2.93. The van der Waals surface area contributed by atoms with Crippen molar-refractivity contribution in [3.05, 3.63) is 30.1 Å². The molecule has 1 aromatic rings. The van der Waals surface area contributed by atoms with Gasteiger partial charge in [0.05, 0.1) is 0 Å². The van der Waals surface area contributed by atoms with Crippen LogP contribution in [0.25, 0.3) is 0 Å². The van der Waals surface area contributed by atoms with E-state index in [9.17, 15) is 9.18 Å². The normalized spacial score (nSPS) is 13.0. The van der Waals surface area contributed by atoms with Crippen LogP contribution in [0, 0.1) is 5.82 Å². The zero-order valence-electron chi connectivity index (χ0n) is 10.5. The summed E-state index contributed by atoms with van der Waals surface area (Å²) in [4.78, 5) is 11.6. The predicted molar refractivity (Wildman–Crippen MR) is 62.3 cm³/mol. The van der Waals surface area contributed by atoms with Crippen LogP contribution in [-0.4, -0.2) is 17.7 Å². The van der Waals surface area contributed by atoms with Crippen LogP contribution in [-0.2, 0) is 9.53 Å². The summed E-state index contributed by atoms with van der Waals surface area (Å²) >= 11 is 0. The summed E-state index contributed by atoms with van der Waals surface area (Å²) in [5.41, 5.74) is -0.544. The number of carbonyl (C=O) groups excluding carboxylic acids is 1. The second-order valence-corrected chi connectivity index (χ2v) is 4.75. The van der Waals surface area contributed by atoms with E-state index in [1.165, 1.54) is 24.3 Å². The molecule has 0 heterocycles. The number of hydrogen-bond acceptors (Lipinski definition) is 3.